The van der Waals surface area contributed by atoms with Gasteiger partial charge in [-0.3, -0.25) is 9.59 Å². The quantitative estimate of drug-likeness (QED) is 0.795. The van der Waals surface area contributed by atoms with Crippen molar-refractivity contribution in [3.8, 4) is 0 Å². The molecule has 0 heterocycles. The number of likely N-dealkylation sites (N-methyl/N-ethyl adjacent to an activating group) is 1. The van der Waals surface area contributed by atoms with Gasteiger partial charge in [0.1, 0.15) is 0 Å². The first-order chi connectivity index (χ1) is 6.99. The van der Waals surface area contributed by atoms with E-state index in [9.17, 15) is 9.59 Å². The number of allylic oxidation sites excluding steroid dienone is 1. The minimum absolute atomic E-state index is 0.0555. The van der Waals surface area contributed by atoms with Gasteiger partial charge in [-0.2, -0.15) is 0 Å². The zero-order valence-corrected chi connectivity index (χ0v) is 10.8. The number of rotatable bonds is 3. The molecule has 0 saturated carbocycles. The van der Waals surface area contributed by atoms with Crippen LogP contribution in [0.3, 0.4) is 0 Å². The van der Waals surface area contributed by atoms with Gasteiger partial charge in [-0.05, 0) is 20.9 Å². The van der Waals surface area contributed by atoms with Gasteiger partial charge in [0.05, 0.1) is 0 Å². The summed E-state index contributed by atoms with van der Waals surface area (Å²) in [6.07, 6.45) is 0.702. The van der Waals surface area contributed by atoms with Crippen molar-refractivity contribution in [1.29, 1.82) is 0 Å². The van der Waals surface area contributed by atoms with E-state index in [1.807, 2.05) is 13.8 Å². The zero-order chi connectivity index (χ0) is 11.6. The average molecular weight is 274 g/mol. The Hall–Kier alpha value is -0.480. The van der Waals surface area contributed by atoms with E-state index in [4.69, 9.17) is 0 Å². The molecular weight excluding hydrogens is 258 g/mol. The minimum Gasteiger partial charge on any atom is -0.313 e. The predicted octanol–water partition coefficient (Wildman–Crippen LogP) is 1.61. The molecule has 0 amide bonds. The Labute approximate surface area is 98.4 Å². The van der Waals surface area contributed by atoms with E-state index < -0.39 is 0 Å². The molecule has 1 aliphatic carbocycles. The molecule has 0 aromatic heterocycles. The summed E-state index contributed by atoms with van der Waals surface area (Å²) in [4.78, 5) is 23.5. The van der Waals surface area contributed by atoms with Crippen LogP contribution in [0.4, 0.5) is 0 Å². The second-order valence-electron chi connectivity index (χ2n) is 3.80. The lowest BCUT2D eigenvalue weighted by Gasteiger charge is -2.24. The molecule has 1 N–H and O–H groups in total. The van der Waals surface area contributed by atoms with E-state index in [0.717, 1.165) is 0 Å². The summed E-state index contributed by atoms with van der Waals surface area (Å²) in [5.41, 5.74) is 1.30. The van der Waals surface area contributed by atoms with Gasteiger partial charge in [-0.1, -0.05) is 15.9 Å². The van der Waals surface area contributed by atoms with E-state index in [-0.39, 0.29) is 22.4 Å². The number of carbonyl (C=O) groups excluding carboxylic acids is 2. The van der Waals surface area contributed by atoms with Crippen molar-refractivity contribution in [1.82, 2.24) is 5.32 Å². The van der Waals surface area contributed by atoms with Crippen molar-refractivity contribution in [2.24, 2.45) is 0 Å². The Morgan fingerprint density at radius 3 is 2.00 bits per heavy atom. The third kappa shape index (κ3) is 2.55. The summed E-state index contributed by atoms with van der Waals surface area (Å²) >= 11 is 3.38. The fourth-order valence-corrected chi connectivity index (χ4v) is 2.35. The number of hydrogen-bond donors (Lipinski definition) is 1. The fourth-order valence-electron chi connectivity index (χ4n) is 1.85. The van der Waals surface area contributed by atoms with Crippen LogP contribution >= 0.6 is 15.9 Å². The van der Waals surface area contributed by atoms with Crippen molar-refractivity contribution < 1.29 is 9.59 Å². The maximum Gasteiger partial charge on any atom is 0.161 e. The highest BCUT2D eigenvalue weighted by Gasteiger charge is 2.31. The SMILES string of the molecule is CNC(C)C1=C(C(C)Br)C(=O)CCC1=O. The van der Waals surface area contributed by atoms with Gasteiger partial charge in [0, 0.05) is 34.9 Å². The van der Waals surface area contributed by atoms with Crippen LogP contribution in [0.25, 0.3) is 0 Å². The van der Waals surface area contributed by atoms with Crippen LogP contribution in [0.15, 0.2) is 11.1 Å². The molecular formula is C11H16BrNO2. The molecule has 84 valence electrons. The first-order valence-electron chi connectivity index (χ1n) is 5.10. The molecule has 4 heteroatoms. The van der Waals surface area contributed by atoms with Gasteiger partial charge in [0.2, 0.25) is 0 Å². The Morgan fingerprint density at radius 1 is 1.13 bits per heavy atom. The molecule has 0 aromatic rings. The summed E-state index contributed by atoms with van der Waals surface area (Å²) in [6, 6.07) is -0.0586. The Bertz CT molecular complexity index is 321. The van der Waals surface area contributed by atoms with Crippen molar-refractivity contribution in [2.75, 3.05) is 7.05 Å². The average Bonchev–Trinajstić information content (AvgIpc) is 2.19. The van der Waals surface area contributed by atoms with Crippen molar-refractivity contribution in [3.05, 3.63) is 11.1 Å². The van der Waals surface area contributed by atoms with Gasteiger partial charge < -0.3 is 5.32 Å². The molecule has 15 heavy (non-hydrogen) atoms. The summed E-state index contributed by atoms with van der Waals surface area (Å²) in [5, 5.41) is 3.02. The molecule has 0 saturated heterocycles. The maximum absolute atomic E-state index is 11.8. The molecule has 0 radical (unpaired) electrons. The van der Waals surface area contributed by atoms with Crippen LogP contribution in [0, 0.1) is 0 Å². The topological polar surface area (TPSA) is 46.2 Å². The predicted molar refractivity (Wildman–Crippen MR) is 63.2 cm³/mol. The van der Waals surface area contributed by atoms with E-state index in [0.29, 0.717) is 24.0 Å². The van der Waals surface area contributed by atoms with Crippen molar-refractivity contribution >= 4 is 27.5 Å². The lowest BCUT2D eigenvalue weighted by molar-refractivity contribution is -0.122. The summed E-state index contributed by atoms with van der Waals surface area (Å²) < 4.78 is 0. The van der Waals surface area contributed by atoms with Gasteiger partial charge in [0.15, 0.2) is 11.6 Å². The molecule has 0 fully saturated rings. The smallest absolute Gasteiger partial charge is 0.161 e. The molecule has 3 nitrogen and oxygen atoms in total. The Balaban J connectivity index is 3.22. The third-order valence-corrected chi connectivity index (χ3v) is 3.19. The highest BCUT2D eigenvalue weighted by Crippen LogP contribution is 2.27. The van der Waals surface area contributed by atoms with Crippen LogP contribution in [0.5, 0.6) is 0 Å². The number of carbonyl (C=O) groups is 2. The van der Waals surface area contributed by atoms with Crippen LogP contribution < -0.4 is 5.32 Å². The van der Waals surface area contributed by atoms with Crippen LogP contribution in [0.2, 0.25) is 0 Å². The molecule has 2 unspecified atom stereocenters. The summed E-state index contributed by atoms with van der Waals surface area (Å²) in [6.45, 7) is 3.79. The lowest BCUT2D eigenvalue weighted by atomic mass is 9.85. The number of halogens is 1. The number of Topliss-reactive ketones (excluding diaryl/α,β-unsaturated/α-hetero) is 2. The molecule has 0 bridgehead atoms. The highest BCUT2D eigenvalue weighted by molar-refractivity contribution is 9.09. The number of nitrogens with one attached hydrogen (secondary N) is 1. The summed E-state index contributed by atoms with van der Waals surface area (Å²) in [7, 11) is 1.79. The summed E-state index contributed by atoms with van der Waals surface area (Å²) in [5.74, 6) is 0.189. The van der Waals surface area contributed by atoms with E-state index >= 15 is 0 Å². The van der Waals surface area contributed by atoms with Crippen LogP contribution in [0.1, 0.15) is 26.7 Å². The number of hydrogen-bond acceptors (Lipinski definition) is 3. The second-order valence-corrected chi connectivity index (χ2v) is 5.17. The molecule has 0 aromatic carbocycles. The Kier molecular flexibility index (Phi) is 4.22. The minimum atomic E-state index is -0.0586. The Morgan fingerprint density at radius 2 is 1.60 bits per heavy atom. The first kappa shape index (κ1) is 12.6. The largest absolute Gasteiger partial charge is 0.313 e. The van der Waals surface area contributed by atoms with E-state index in [2.05, 4.69) is 21.2 Å². The molecule has 0 spiro atoms. The highest BCUT2D eigenvalue weighted by atomic mass is 79.9. The fraction of sp³-hybridized carbons (Fsp3) is 0.636. The monoisotopic (exact) mass is 273 g/mol. The van der Waals surface area contributed by atoms with Crippen molar-refractivity contribution in [3.63, 3.8) is 0 Å². The molecule has 2 atom stereocenters. The third-order valence-electron chi connectivity index (χ3n) is 2.73. The number of ketones is 2. The molecule has 0 aliphatic heterocycles. The maximum atomic E-state index is 11.8. The number of alkyl halides is 1. The van der Waals surface area contributed by atoms with Gasteiger partial charge >= 0.3 is 0 Å². The normalized spacial score (nSPS) is 21.9. The van der Waals surface area contributed by atoms with Crippen molar-refractivity contribution in [2.45, 2.75) is 37.6 Å². The van der Waals surface area contributed by atoms with E-state index in [1.54, 1.807) is 7.05 Å². The van der Waals surface area contributed by atoms with E-state index in [1.165, 1.54) is 0 Å². The lowest BCUT2D eigenvalue weighted by Crippen LogP contribution is -2.35. The van der Waals surface area contributed by atoms with Gasteiger partial charge in [-0.25, -0.2) is 0 Å². The van der Waals surface area contributed by atoms with Crippen LogP contribution in [-0.4, -0.2) is 29.5 Å². The first-order valence-corrected chi connectivity index (χ1v) is 6.02. The standard InChI is InChI=1S/C11H16BrNO2/c1-6(12)10-8(14)4-5-9(15)11(10)7(2)13-3/h6-7,13H,4-5H2,1-3H3. The van der Waals surface area contributed by atoms with Gasteiger partial charge in [-0.15, -0.1) is 0 Å². The zero-order valence-electron chi connectivity index (χ0n) is 9.26. The molecule has 1 rings (SSSR count). The molecule has 1 aliphatic rings. The van der Waals surface area contributed by atoms with Crippen LogP contribution in [-0.2, 0) is 9.59 Å². The van der Waals surface area contributed by atoms with Gasteiger partial charge in [0.25, 0.3) is 0 Å². The second kappa shape index (κ2) is 5.03.